The van der Waals surface area contributed by atoms with Gasteiger partial charge in [-0.1, -0.05) is 55.9 Å². The molecular formula is C28H32N4S2. The van der Waals surface area contributed by atoms with Crippen molar-refractivity contribution in [1.82, 2.24) is 15.0 Å². The number of fused-ring (bicyclic) bond motifs is 5. The highest BCUT2D eigenvalue weighted by atomic mass is 32.2. The van der Waals surface area contributed by atoms with Gasteiger partial charge >= 0.3 is 0 Å². The Bertz CT molecular complexity index is 1340. The van der Waals surface area contributed by atoms with E-state index in [-0.39, 0.29) is 0 Å². The average Bonchev–Trinajstić information content (AvgIpc) is 3.48. The summed E-state index contributed by atoms with van der Waals surface area (Å²) in [6, 6.07) is 10.9. The molecule has 0 radical (unpaired) electrons. The van der Waals surface area contributed by atoms with Crippen molar-refractivity contribution in [3.05, 3.63) is 52.7 Å². The molecule has 4 nitrogen and oxygen atoms in total. The van der Waals surface area contributed by atoms with Gasteiger partial charge in [0.05, 0.1) is 10.2 Å². The smallest absolute Gasteiger partial charge is 0.189 e. The number of nitrogens with zero attached hydrogens (tertiary/aromatic N) is 4. The molecule has 1 saturated heterocycles. The Kier molecular flexibility index (Phi) is 5.98. The van der Waals surface area contributed by atoms with Gasteiger partial charge in [0.25, 0.3) is 0 Å². The Balaban J connectivity index is 1.38. The number of hydrogen-bond donors (Lipinski definition) is 0. The Labute approximate surface area is 210 Å². The van der Waals surface area contributed by atoms with E-state index in [0.29, 0.717) is 5.92 Å². The van der Waals surface area contributed by atoms with Gasteiger partial charge in [0, 0.05) is 24.2 Å². The summed E-state index contributed by atoms with van der Waals surface area (Å²) >= 11 is 3.47. The molecule has 4 aromatic rings. The number of aromatic nitrogens is 3. The Morgan fingerprint density at radius 2 is 1.79 bits per heavy atom. The largest absolute Gasteiger partial charge is 0.355 e. The van der Waals surface area contributed by atoms with Crippen molar-refractivity contribution in [2.24, 2.45) is 5.92 Å². The number of anilines is 1. The third kappa shape index (κ3) is 3.89. The van der Waals surface area contributed by atoms with Crippen LogP contribution in [-0.4, -0.2) is 34.3 Å². The van der Waals surface area contributed by atoms with E-state index in [1.54, 1.807) is 11.8 Å². The average molecular weight is 489 g/mol. The van der Waals surface area contributed by atoms with Gasteiger partial charge in [0.1, 0.15) is 4.83 Å². The normalized spacial score (nSPS) is 16.8. The third-order valence-corrected chi connectivity index (χ3v) is 9.15. The summed E-state index contributed by atoms with van der Waals surface area (Å²) in [5.41, 5.74) is 6.91. The van der Waals surface area contributed by atoms with E-state index in [4.69, 9.17) is 15.0 Å². The minimum atomic E-state index is 0.456. The van der Waals surface area contributed by atoms with Crippen LogP contribution in [0.25, 0.3) is 20.4 Å². The molecule has 0 amide bonds. The summed E-state index contributed by atoms with van der Waals surface area (Å²) in [7, 11) is 0. The van der Waals surface area contributed by atoms with E-state index in [2.05, 4.69) is 55.3 Å². The molecule has 4 heterocycles. The molecule has 1 fully saturated rings. The lowest BCUT2D eigenvalue weighted by atomic mass is 9.90. The van der Waals surface area contributed by atoms with E-state index in [1.165, 1.54) is 58.2 Å². The quantitative estimate of drug-likeness (QED) is 0.223. The fourth-order valence-corrected chi connectivity index (χ4v) is 7.37. The third-order valence-electron chi connectivity index (χ3n) is 7.54. The predicted octanol–water partition coefficient (Wildman–Crippen LogP) is 7.03. The minimum absolute atomic E-state index is 0.456. The lowest BCUT2D eigenvalue weighted by Gasteiger charge is -2.33. The number of thiophene rings is 1. The van der Waals surface area contributed by atoms with Gasteiger partial charge in [0.2, 0.25) is 0 Å². The molecule has 0 unspecified atom stereocenters. The number of hydrogen-bond acceptors (Lipinski definition) is 6. The molecule has 0 N–H and O–H groups in total. The molecule has 1 aromatic carbocycles. The van der Waals surface area contributed by atoms with Gasteiger partial charge in [-0.2, -0.15) is 0 Å². The van der Waals surface area contributed by atoms with Crippen LogP contribution in [0, 0.1) is 5.92 Å². The van der Waals surface area contributed by atoms with E-state index < -0.39 is 0 Å². The summed E-state index contributed by atoms with van der Waals surface area (Å²) in [5.74, 6) is 2.34. The van der Waals surface area contributed by atoms with Crippen LogP contribution in [-0.2, 0) is 19.3 Å². The lowest BCUT2D eigenvalue weighted by Crippen LogP contribution is -2.35. The highest BCUT2D eigenvalue weighted by Crippen LogP contribution is 2.44. The minimum Gasteiger partial charge on any atom is -0.355 e. The van der Waals surface area contributed by atoms with Crippen molar-refractivity contribution in [3.8, 4) is 0 Å². The Morgan fingerprint density at radius 1 is 1.03 bits per heavy atom. The Hall–Kier alpha value is -2.18. The molecule has 6 heteroatoms. The van der Waals surface area contributed by atoms with E-state index in [9.17, 15) is 0 Å². The first-order valence-electron chi connectivity index (χ1n) is 12.6. The topological polar surface area (TPSA) is 41.9 Å². The maximum Gasteiger partial charge on any atom is 0.189 e. The van der Waals surface area contributed by atoms with Crippen LogP contribution < -0.4 is 4.90 Å². The maximum atomic E-state index is 5.21. The summed E-state index contributed by atoms with van der Waals surface area (Å²) < 4.78 is 1.23. The molecule has 176 valence electrons. The Morgan fingerprint density at radius 3 is 2.53 bits per heavy atom. The van der Waals surface area contributed by atoms with Gasteiger partial charge in [-0.05, 0) is 73.3 Å². The van der Waals surface area contributed by atoms with Gasteiger partial charge < -0.3 is 4.90 Å². The van der Waals surface area contributed by atoms with Crippen molar-refractivity contribution >= 4 is 49.3 Å². The van der Waals surface area contributed by atoms with Crippen LogP contribution in [0.3, 0.4) is 0 Å². The number of benzene rings is 1. The zero-order valence-electron chi connectivity index (χ0n) is 20.3. The molecule has 0 atom stereocenters. The fourth-order valence-electron chi connectivity index (χ4n) is 5.84. The fraction of sp³-hybridized carbons (Fsp3) is 0.464. The number of piperidine rings is 1. The molecule has 34 heavy (non-hydrogen) atoms. The summed E-state index contributed by atoms with van der Waals surface area (Å²) in [4.78, 5) is 19.0. The van der Waals surface area contributed by atoms with Crippen LogP contribution in [0.5, 0.6) is 0 Å². The first-order chi connectivity index (χ1) is 16.6. The monoisotopic (exact) mass is 488 g/mol. The zero-order chi connectivity index (χ0) is 23.2. The van der Waals surface area contributed by atoms with Gasteiger partial charge in [0.15, 0.2) is 11.0 Å². The van der Waals surface area contributed by atoms with Gasteiger partial charge in [-0.15, -0.1) is 11.3 Å². The van der Waals surface area contributed by atoms with Crippen LogP contribution >= 0.6 is 23.1 Å². The molecule has 6 rings (SSSR count). The van der Waals surface area contributed by atoms with Crippen LogP contribution in [0.1, 0.15) is 61.4 Å². The van der Waals surface area contributed by atoms with E-state index >= 15 is 0 Å². The van der Waals surface area contributed by atoms with Crippen molar-refractivity contribution in [3.63, 3.8) is 0 Å². The second-order valence-electron chi connectivity index (χ2n) is 10.1. The van der Waals surface area contributed by atoms with Crippen molar-refractivity contribution < 1.29 is 0 Å². The molecule has 2 aliphatic rings. The summed E-state index contributed by atoms with van der Waals surface area (Å²) in [5, 5.41) is 2.20. The second kappa shape index (κ2) is 9.12. The summed E-state index contributed by atoms with van der Waals surface area (Å²) in [6.45, 7) is 6.68. The van der Waals surface area contributed by atoms with Crippen molar-refractivity contribution in [1.29, 1.82) is 0 Å². The van der Waals surface area contributed by atoms with Gasteiger partial charge in [-0.25, -0.2) is 15.0 Å². The molecule has 0 spiro atoms. The first kappa shape index (κ1) is 22.3. The van der Waals surface area contributed by atoms with Crippen molar-refractivity contribution in [2.75, 3.05) is 24.2 Å². The number of pyridine rings is 1. The number of aryl methyl sites for hydroxylation is 1. The van der Waals surface area contributed by atoms with Crippen LogP contribution in [0.15, 0.2) is 35.5 Å². The molecule has 0 saturated carbocycles. The second-order valence-corrected chi connectivity index (χ2v) is 11.8. The highest BCUT2D eigenvalue weighted by Gasteiger charge is 2.28. The molecule has 3 aromatic heterocycles. The molecule has 1 aliphatic carbocycles. The number of thioether (sulfide) groups is 1. The zero-order valence-corrected chi connectivity index (χ0v) is 21.9. The lowest BCUT2D eigenvalue weighted by molar-refractivity contribution is 0.402. The maximum absolute atomic E-state index is 5.21. The van der Waals surface area contributed by atoms with Gasteiger partial charge in [-0.3, -0.25) is 0 Å². The van der Waals surface area contributed by atoms with Crippen LogP contribution in [0.2, 0.25) is 0 Å². The first-order valence-corrected chi connectivity index (χ1v) is 14.6. The highest BCUT2D eigenvalue weighted by molar-refractivity contribution is 7.98. The molecular weight excluding hydrogens is 456 g/mol. The number of rotatable bonds is 5. The molecule has 1 aliphatic heterocycles. The van der Waals surface area contributed by atoms with Crippen molar-refractivity contribution in [2.45, 2.75) is 63.4 Å². The predicted molar refractivity (Wildman–Crippen MR) is 146 cm³/mol. The SMILES string of the molecule is CSc1nc(N2CCC(Cc3ccccc3)CC2)c2sc3nc(C(C)C)c4c(c3c2n1)CCC4. The van der Waals surface area contributed by atoms with E-state index in [0.717, 1.165) is 53.2 Å². The van der Waals surface area contributed by atoms with E-state index in [1.807, 2.05) is 11.3 Å². The standard InChI is InChI=1S/C28H32N4S2/c1-17(2)23-21-11-7-10-20(21)22-24-25(34-27(22)29-23)26(31-28(30-24)33-3)32-14-12-19(13-15-32)16-18-8-5-4-6-9-18/h4-6,8-9,17,19H,7,10-16H2,1-3H3. The molecule has 0 bridgehead atoms. The summed E-state index contributed by atoms with van der Waals surface area (Å²) in [6.07, 6.45) is 9.24. The van der Waals surface area contributed by atoms with Crippen LogP contribution in [0.4, 0.5) is 5.82 Å².